The highest BCUT2D eigenvalue weighted by Gasteiger charge is 2.00. The molecule has 4 nitrogen and oxygen atoms in total. The van der Waals surface area contributed by atoms with E-state index in [1.165, 1.54) is 12.1 Å². The fourth-order valence-electron chi connectivity index (χ4n) is 0.843. The van der Waals surface area contributed by atoms with Crippen molar-refractivity contribution in [2.45, 2.75) is 0 Å². The van der Waals surface area contributed by atoms with E-state index in [4.69, 9.17) is 5.73 Å². The third-order valence-corrected chi connectivity index (χ3v) is 1.52. The third-order valence-electron chi connectivity index (χ3n) is 1.43. The Balaban J connectivity index is 3.26. The van der Waals surface area contributed by atoms with Gasteiger partial charge in [0, 0.05) is 11.3 Å². The van der Waals surface area contributed by atoms with Crippen LogP contribution in [0.1, 0.15) is 10.4 Å². The van der Waals surface area contributed by atoms with Gasteiger partial charge in [-0.2, -0.15) is 4.99 Å². The van der Waals surface area contributed by atoms with Gasteiger partial charge in [0.05, 0.1) is 16.8 Å². The summed E-state index contributed by atoms with van der Waals surface area (Å²) < 4.78 is 0. The highest BCUT2D eigenvalue weighted by molar-refractivity contribution is 7.78. The van der Waals surface area contributed by atoms with Crippen molar-refractivity contribution in [3.05, 3.63) is 23.8 Å². The molecular formula is C8H5N2O2S-. The van der Waals surface area contributed by atoms with Gasteiger partial charge in [0.15, 0.2) is 0 Å². The maximum Gasteiger partial charge on any atom is 0.0747 e. The van der Waals surface area contributed by atoms with E-state index in [-0.39, 0.29) is 11.3 Å². The number of aromatic carboxylic acids is 1. The maximum atomic E-state index is 10.5. The average molecular weight is 193 g/mol. The number of hydrogen-bond acceptors (Lipinski definition) is 5. The number of aliphatic imine (C=N–C) groups is 1. The summed E-state index contributed by atoms with van der Waals surface area (Å²) in [5.41, 5.74) is 5.82. The number of hydrogen-bond donors (Lipinski definition) is 1. The number of carbonyl (C=O) groups excluding carboxylic acids is 1. The summed E-state index contributed by atoms with van der Waals surface area (Å²) in [6.07, 6.45) is 0. The number of carboxylic acids is 1. The molecule has 0 aliphatic carbocycles. The molecule has 13 heavy (non-hydrogen) atoms. The van der Waals surface area contributed by atoms with Crippen LogP contribution >= 0.6 is 12.2 Å². The smallest absolute Gasteiger partial charge is 0.0747 e. The molecule has 0 radical (unpaired) electrons. The first-order chi connectivity index (χ1) is 6.15. The Hall–Kier alpha value is -1.71. The van der Waals surface area contributed by atoms with Crippen molar-refractivity contribution in [2.24, 2.45) is 4.99 Å². The summed E-state index contributed by atoms with van der Waals surface area (Å²) in [6, 6.07) is 4.25. The first-order valence-corrected chi connectivity index (χ1v) is 3.74. The molecule has 1 aromatic carbocycles. The number of carbonyl (C=O) groups is 1. The molecular weight excluding hydrogens is 188 g/mol. The SMILES string of the molecule is Nc1ccc(N=C=S)cc1C(=O)[O-]. The van der Waals surface area contributed by atoms with E-state index in [1.54, 1.807) is 6.07 Å². The summed E-state index contributed by atoms with van der Waals surface area (Å²) >= 11 is 4.36. The quantitative estimate of drug-likeness (QED) is 0.418. The van der Waals surface area contributed by atoms with Crippen LogP contribution in [-0.4, -0.2) is 11.1 Å². The van der Waals surface area contributed by atoms with Crippen LogP contribution in [0.2, 0.25) is 0 Å². The van der Waals surface area contributed by atoms with E-state index >= 15 is 0 Å². The minimum absolute atomic E-state index is 0.0912. The number of nitrogen functional groups attached to an aromatic ring is 1. The molecule has 0 heterocycles. The van der Waals surface area contributed by atoms with Crippen molar-refractivity contribution < 1.29 is 9.90 Å². The van der Waals surface area contributed by atoms with Gasteiger partial charge >= 0.3 is 0 Å². The zero-order valence-electron chi connectivity index (χ0n) is 6.48. The number of isothiocyanates is 1. The highest BCUT2D eigenvalue weighted by atomic mass is 32.1. The van der Waals surface area contributed by atoms with Crippen molar-refractivity contribution in [1.29, 1.82) is 0 Å². The molecule has 0 bridgehead atoms. The zero-order valence-corrected chi connectivity index (χ0v) is 7.30. The van der Waals surface area contributed by atoms with Crippen molar-refractivity contribution in [3.63, 3.8) is 0 Å². The third kappa shape index (κ3) is 2.11. The van der Waals surface area contributed by atoms with E-state index in [1.807, 2.05) is 0 Å². The average Bonchev–Trinajstić information content (AvgIpc) is 2.08. The van der Waals surface area contributed by atoms with Crippen LogP contribution in [0.15, 0.2) is 23.2 Å². The minimum atomic E-state index is -1.33. The van der Waals surface area contributed by atoms with Gasteiger partial charge < -0.3 is 15.6 Å². The van der Waals surface area contributed by atoms with Crippen LogP contribution in [0.25, 0.3) is 0 Å². The predicted molar refractivity (Wildman–Crippen MR) is 49.9 cm³/mol. The normalized spacial score (nSPS) is 8.92. The molecule has 1 rings (SSSR count). The van der Waals surface area contributed by atoms with Gasteiger partial charge in [-0.1, -0.05) is 0 Å². The Morgan fingerprint density at radius 1 is 1.62 bits per heavy atom. The van der Waals surface area contributed by atoms with Crippen LogP contribution in [0.5, 0.6) is 0 Å². The van der Waals surface area contributed by atoms with E-state index in [0.29, 0.717) is 5.69 Å². The summed E-state index contributed by atoms with van der Waals surface area (Å²) in [7, 11) is 0. The molecule has 0 saturated heterocycles. The van der Waals surface area contributed by atoms with Gasteiger partial charge in [-0.25, -0.2) is 0 Å². The molecule has 0 fully saturated rings. The molecule has 0 spiro atoms. The minimum Gasteiger partial charge on any atom is -0.545 e. The molecule has 2 N–H and O–H groups in total. The lowest BCUT2D eigenvalue weighted by atomic mass is 10.1. The predicted octanol–water partition coefficient (Wildman–Crippen LogP) is 0.367. The summed E-state index contributed by atoms with van der Waals surface area (Å²) in [4.78, 5) is 14.1. The lowest BCUT2D eigenvalue weighted by Crippen LogP contribution is -2.23. The first-order valence-electron chi connectivity index (χ1n) is 3.34. The molecule has 0 unspecified atom stereocenters. The largest absolute Gasteiger partial charge is 0.545 e. The van der Waals surface area contributed by atoms with Crippen LogP contribution in [0.3, 0.4) is 0 Å². The maximum absolute atomic E-state index is 10.5. The van der Waals surface area contributed by atoms with Crippen LogP contribution in [0, 0.1) is 0 Å². The van der Waals surface area contributed by atoms with Crippen molar-refractivity contribution in [2.75, 3.05) is 5.73 Å². The number of carboxylic acid groups (broad SMARTS) is 1. The summed E-state index contributed by atoms with van der Waals surface area (Å²) in [6.45, 7) is 0. The van der Waals surface area contributed by atoms with Crippen LogP contribution in [-0.2, 0) is 0 Å². The fraction of sp³-hybridized carbons (Fsp3) is 0. The monoisotopic (exact) mass is 193 g/mol. The second kappa shape index (κ2) is 3.80. The molecule has 0 atom stereocenters. The molecule has 0 amide bonds. The Morgan fingerprint density at radius 2 is 2.31 bits per heavy atom. The lowest BCUT2D eigenvalue weighted by Gasteiger charge is -2.05. The number of rotatable bonds is 2. The van der Waals surface area contributed by atoms with Crippen molar-refractivity contribution in [3.8, 4) is 0 Å². The van der Waals surface area contributed by atoms with Crippen molar-refractivity contribution >= 4 is 34.7 Å². The van der Waals surface area contributed by atoms with Gasteiger partial charge in [-0.05, 0) is 30.4 Å². The topological polar surface area (TPSA) is 78.5 Å². The number of thiocarbonyl (C=S) groups is 1. The second-order valence-electron chi connectivity index (χ2n) is 2.26. The molecule has 1 aromatic rings. The van der Waals surface area contributed by atoms with Crippen molar-refractivity contribution in [1.82, 2.24) is 0 Å². The fourth-order valence-corrected chi connectivity index (χ4v) is 0.949. The molecule has 0 aliphatic rings. The second-order valence-corrected chi connectivity index (χ2v) is 2.44. The molecule has 5 heteroatoms. The Bertz CT molecular complexity index is 397. The Kier molecular flexibility index (Phi) is 2.74. The lowest BCUT2D eigenvalue weighted by molar-refractivity contribution is -0.254. The van der Waals surface area contributed by atoms with Gasteiger partial charge in [0.2, 0.25) is 0 Å². The van der Waals surface area contributed by atoms with E-state index in [2.05, 4.69) is 22.4 Å². The molecule has 0 aromatic heterocycles. The van der Waals surface area contributed by atoms with Gasteiger partial charge in [0.25, 0.3) is 0 Å². The van der Waals surface area contributed by atoms with Crippen LogP contribution < -0.4 is 10.8 Å². The Morgan fingerprint density at radius 3 is 2.85 bits per heavy atom. The first kappa shape index (κ1) is 9.38. The summed E-state index contributed by atoms with van der Waals surface area (Å²) in [5.74, 6) is -1.33. The van der Waals surface area contributed by atoms with Gasteiger partial charge in [-0.15, -0.1) is 0 Å². The van der Waals surface area contributed by atoms with E-state index in [9.17, 15) is 9.90 Å². The van der Waals surface area contributed by atoms with E-state index < -0.39 is 5.97 Å². The molecule has 0 saturated carbocycles. The highest BCUT2D eigenvalue weighted by Crippen LogP contribution is 2.18. The number of nitrogens with two attached hydrogens (primary N) is 1. The molecule has 0 aliphatic heterocycles. The number of nitrogens with zero attached hydrogens (tertiary/aromatic N) is 1. The number of anilines is 1. The standard InChI is InChI=1S/C8H6N2O2S/c9-7-2-1-5(10-4-13)3-6(7)8(11)12/h1-3H,9H2,(H,11,12)/p-1. The van der Waals surface area contributed by atoms with Gasteiger partial charge in [0.1, 0.15) is 0 Å². The van der Waals surface area contributed by atoms with Crippen LogP contribution in [0.4, 0.5) is 11.4 Å². The summed E-state index contributed by atoms with van der Waals surface area (Å²) in [5, 5.41) is 12.6. The van der Waals surface area contributed by atoms with E-state index in [0.717, 1.165) is 0 Å². The Labute approximate surface area is 79.7 Å². The zero-order chi connectivity index (χ0) is 9.84. The molecule has 66 valence electrons. The number of benzene rings is 1. The van der Waals surface area contributed by atoms with Gasteiger partial charge in [-0.3, -0.25) is 0 Å².